The van der Waals surface area contributed by atoms with E-state index in [0.29, 0.717) is 47.5 Å². The van der Waals surface area contributed by atoms with Gasteiger partial charge in [-0.1, -0.05) is 6.92 Å². The number of piperidine rings is 1. The van der Waals surface area contributed by atoms with Crippen LogP contribution >= 0.6 is 0 Å². The summed E-state index contributed by atoms with van der Waals surface area (Å²) in [5, 5.41) is 9.27. The smallest absolute Gasteiger partial charge is 0.253 e. The van der Waals surface area contributed by atoms with Gasteiger partial charge in [0.15, 0.2) is 0 Å². The maximum Gasteiger partial charge on any atom is 0.253 e. The highest BCUT2D eigenvalue weighted by atomic mass is 19.1. The second kappa shape index (κ2) is 8.42. The van der Waals surface area contributed by atoms with Crippen molar-refractivity contribution >= 4 is 22.6 Å². The fourth-order valence-corrected chi connectivity index (χ4v) is 4.49. The second-order valence-corrected chi connectivity index (χ2v) is 8.31. The number of amides is 1. The molecule has 4 rings (SSSR count). The molecule has 1 aliphatic heterocycles. The standard InChI is InChI=1S/C24H24FN5O2/c1-15-14-30(11-10-19(15)29(3)24(32)16-4-6-17(25)7-5-16)21-12-22(31)28(2)20-9-8-18(13-26)27-23(20)21/h4-9,12,15,19H,10-11,14H2,1-3H3. The molecule has 1 amide bonds. The number of benzene rings is 1. The summed E-state index contributed by atoms with van der Waals surface area (Å²) in [6, 6.07) is 12.6. The van der Waals surface area contributed by atoms with Crippen LogP contribution in [0, 0.1) is 23.1 Å². The van der Waals surface area contributed by atoms with E-state index in [4.69, 9.17) is 0 Å². The molecule has 1 saturated heterocycles. The van der Waals surface area contributed by atoms with Gasteiger partial charge in [0.1, 0.15) is 23.1 Å². The highest BCUT2D eigenvalue weighted by molar-refractivity contribution is 5.94. The van der Waals surface area contributed by atoms with Crippen molar-refractivity contribution in [3.05, 3.63) is 69.9 Å². The summed E-state index contributed by atoms with van der Waals surface area (Å²) in [4.78, 5) is 33.7. The van der Waals surface area contributed by atoms with Crippen LogP contribution in [0.1, 0.15) is 29.4 Å². The number of nitrogens with zero attached hydrogens (tertiary/aromatic N) is 5. The number of nitriles is 1. The van der Waals surface area contributed by atoms with Crippen LogP contribution < -0.4 is 10.5 Å². The molecule has 2 aromatic heterocycles. The van der Waals surface area contributed by atoms with E-state index in [9.17, 15) is 19.2 Å². The molecule has 0 bridgehead atoms. The summed E-state index contributed by atoms with van der Waals surface area (Å²) < 4.78 is 14.7. The van der Waals surface area contributed by atoms with E-state index in [0.717, 1.165) is 0 Å². The van der Waals surface area contributed by atoms with Crippen LogP contribution in [0.2, 0.25) is 0 Å². The minimum atomic E-state index is -0.375. The molecule has 7 nitrogen and oxygen atoms in total. The third-order valence-corrected chi connectivity index (χ3v) is 6.29. The van der Waals surface area contributed by atoms with Gasteiger partial charge in [0.25, 0.3) is 11.5 Å². The molecule has 8 heteroatoms. The number of carbonyl (C=O) groups is 1. The Kier molecular flexibility index (Phi) is 5.66. The average Bonchev–Trinajstić information content (AvgIpc) is 2.80. The van der Waals surface area contributed by atoms with Gasteiger partial charge >= 0.3 is 0 Å². The lowest BCUT2D eigenvalue weighted by atomic mass is 9.91. The number of hydrogen-bond donors (Lipinski definition) is 0. The Morgan fingerprint density at radius 2 is 1.97 bits per heavy atom. The largest absolute Gasteiger partial charge is 0.369 e. The van der Waals surface area contributed by atoms with Gasteiger partial charge in [-0.05, 0) is 48.7 Å². The molecular weight excluding hydrogens is 409 g/mol. The minimum Gasteiger partial charge on any atom is -0.369 e. The lowest BCUT2D eigenvalue weighted by molar-refractivity contribution is 0.0656. The van der Waals surface area contributed by atoms with E-state index in [1.807, 2.05) is 0 Å². The lowest BCUT2D eigenvalue weighted by Crippen LogP contribution is -2.51. The maximum absolute atomic E-state index is 13.2. The quantitative estimate of drug-likeness (QED) is 0.634. The third kappa shape index (κ3) is 3.82. The Hall–Kier alpha value is -3.73. The van der Waals surface area contributed by atoms with E-state index < -0.39 is 0 Å². The van der Waals surface area contributed by atoms with Crippen molar-refractivity contribution in [3.63, 3.8) is 0 Å². The highest BCUT2D eigenvalue weighted by Gasteiger charge is 2.32. The Balaban J connectivity index is 1.60. The number of rotatable bonds is 3. The normalized spacial score (nSPS) is 18.4. The van der Waals surface area contributed by atoms with Crippen LogP contribution in [0.25, 0.3) is 11.0 Å². The monoisotopic (exact) mass is 433 g/mol. The van der Waals surface area contributed by atoms with Crippen LogP contribution in [0.4, 0.5) is 10.1 Å². The first kappa shape index (κ1) is 21.5. The molecule has 3 heterocycles. The van der Waals surface area contributed by atoms with Crippen molar-refractivity contribution in [2.24, 2.45) is 13.0 Å². The summed E-state index contributed by atoms with van der Waals surface area (Å²) in [7, 11) is 3.46. The number of aryl methyl sites for hydroxylation is 1. The first-order chi connectivity index (χ1) is 15.3. The summed E-state index contributed by atoms with van der Waals surface area (Å²) in [5.74, 6) is -0.397. The van der Waals surface area contributed by atoms with Gasteiger partial charge in [0.2, 0.25) is 0 Å². The average molecular weight is 433 g/mol. The number of fused-ring (bicyclic) bond motifs is 1. The number of hydrogen-bond acceptors (Lipinski definition) is 5. The molecule has 3 aromatic rings. The first-order valence-corrected chi connectivity index (χ1v) is 10.5. The van der Waals surface area contributed by atoms with Crippen LogP contribution in [-0.2, 0) is 7.05 Å². The van der Waals surface area contributed by atoms with Crippen molar-refractivity contribution < 1.29 is 9.18 Å². The van der Waals surface area contributed by atoms with Crippen molar-refractivity contribution in [1.82, 2.24) is 14.5 Å². The van der Waals surface area contributed by atoms with Gasteiger partial charge in [0.05, 0.1) is 11.2 Å². The number of halogens is 1. The lowest BCUT2D eigenvalue weighted by Gasteiger charge is -2.42. The van der Waals surface area contributed by atoms with Gasteiger partial charge in [0, 0.05) is 44.9 Å². The summed E-state index contributed by atoms with van der Waals surface area (Å²) in [6.07, 6.45) is 0.708. The van der Waals surface area contributed by atoms with E-state index in [-0.39, 0.29) is 29.2 Å². The Bertz CT molecular complexity index is 1280. The topological polar surface area (TPSA) is 82.2 Å². The second-order valence-electron chi connectivity index (χ2n) is 8.31. The highest BCUT2D eigenvalue weighted by Crippen LogP contribution is 2.30. The zero-order valence-electron chi connectivity index (χ0n) is 18.2. The summed E-state index contributed by atoms with van der Waals surface area (Å²) in [5.41, 5.74) is 2.60. The molecule has 0 radical (unpaired) electrons. The van der Waals surface area contributed by atoms with Gasteiger partial charge in [-0.25, -0.2) is 9.37 Å². The number of anilines is 1. The maximum atomic E-state index is 13.2. The molecule has 0 N–H and O–H groups in total. The molecule has 1 fully saturated rings. The molecule has 2 atom stereocenters. The Morgan fingerprint density at radius 3 is 2.62 bits per heavy atom. The van der Waals surface area contributed by atoms with Crippen LogP contribution in [0.15, 0.2) is 47.3 Å². The zero-order chi connectivity index (χ0) is 23.0. The predicted molar refractivity (Wildman–Crippen MR) is 120 cm³/mol. The third-order valence-electron chi connectivity index (χ3n) is 6.29. The van der Waals surface area contributed by atoms with Crippen molar-refractivity contribution in [2.75, 3.05) is 25.0 Å². The van der Waals surface area contributed by atoms with Gasteiger partial charge in [-0.2, -0.15) is 5.26 Å². The first-order valence-electron chi connectivity index (χ1n) is 10.5. The van der Waals surface area contributed by atoms with Gasteiger partial charge < -0.3 is 14.4 Å². The molecule has 32 heavy (non-hydrogen) atoms. The molecule has 0 saturated carbocycles. The van der Waals surface area contributed by atoms with Gasteiger partial charge in [-0.3, -0.25) is 9.59 Å². The molecular formula is C24H24FN5O2. The van der Waals surface area contributed by atoms with E-state index >= 15 is 0 Å². The molecule has 1 aliphatic rings. The number of carbonyl (C=O) groups excluding carboxylic acids is 1. The van der Waals surface area contributed by atoms with E-state index in [1.165, 1.54) is 28.8 Å². The Morgan fingerprint density at radius 1 is 1.25 bits per heavy atom. The van der Waals surface area contributed by atoms with Crippen LogP contribution in [-0.4, -0.2) is 46.5 Å². The van der Waals surface area contributed by atoms with Crippen LogP contribution in [0.5, 0.6) is 0 Å². The van der Waals surface area contributed by atoms with Crippen molar-refractivity contribution in [3.8, 4) is 6.07 Å². The molecule has 0 aliphatic carbocycles. The van der Waals surface area contributed by atoms with E-state index in [2.05, 4.69) is 22.9 Å². The molecule has 2 unspecified atom stereocenters. The summed E-state index contributed by atoms with van der Waals surface area (Å²) >= 11 is 0. The fourth-order valence-electron chi connectivity index (χ4n) is 4.49. The minimum absolute atomic E-state index is 0.00393. The zero-order valence-corrected chi connectivity index (χ0v) is 18.2. The van der Waals surface area contributed by atoms with E-state index in [1.54, 1.807) is 37.2 Å². The molecule has 164 valence electrons. The van der Waals surface area contributed by atoms with Crippen molar-refractivity contribution in [1.29, 1.82) is 5.26 Å². The SMILES string of the molecule is CC1CN(c2cc(=O)n(C)c3ccc(C#N)nc23)CCC1N(C)C(=O)c1ccc(F)cc1. The number of pyridine rings is 2. The molecule has 1 aromatic carbocycles. The Labute approximate surface area is 185 Å². The summed E-state index contributed by atoms with van der Waals surface area (Å²) in [6.45, 7) is 3.34. The number of aromatic nitrogens is 2. The van der Waals surface area contributed by atoms with Gasteiger partial charge in [-0.15, -0.1) is 0 Å². The van der Waals surface area contributed by atoms with Crippen LogP contribution in [0.3, 0.4) is 0 Å². The predicted octanol–water partition coefficient (Wildman–Crippen LogP) is 2.93. The fraction of sp³-hybridized carbons (Fsp3) is 0.333. The van der Waals surface area contributed by atoms with Crippen molar-refractivity contribution in [2.45, 2.75) is 19.4 Å². The molecule has 0 spiro atoms.